The lowest BCUT2D eigenvalue weighted by Crippen LogP contribution is -2.32. The number of benzene rings is 1. The van der Waals surface area contributed by atoms with Gasteiger partial charge in [-0.05, 0) is 44.0 Å². The first kappa shape index (κ1) is 13.1. The summed E-state index contributed by atoms with van der Waals surface area (Å²) < 4.78 is 39.2. The molecule has 0 unspecified atom stereocenters. The normalized spacial score (nSPS) is 13.8. The lowest BCUT2D eigenvalue weighted by Gasteiger charge is -2.12. The molecule has 0 fully saturated rings. The van der Waals surface area contributed by atoms with E-state index >= 15 is 0 Å². The predicted molar refractivity (Wildman–Crippen MR) is 61.2 cm³/mol. The number of hydrogen-bond donors (Lipinski definition) is 1. The van der Waals surface area contributed by atoms with Crippen molar-refractivity contribution >= 4 is 10.0 Å². The van der Waals surface area contributed by atoms with E-state index in [2.05, 4.69) is 4.72 Å². The number of sulfonamides is 1. The molecule has 0 saturated heterocycles. The van der Waals surface area contributed by atoms with Gasteiger partial charge in [-0.3, -0.25) is 0 Å². The van der Waals surface area contributed by atoms with Gasteiger partial charge in [0.05, 0.1) is 4.90 Å². The first-order valence-corrected chi connectivity index (χ1v) is 6.63. The third kappa shape index (κ3) is 3.02. The van der Waals surface area contributed by atoms with Crippen molar-refractivity contribution in [1.82, 2.24) is 4.72 Å². The molecule has 0 bridgehead atoms. The van der Waals surface area contributed by atoms with Crippen molar-refractivity contribution in [1.29, 1.82) is 0 Å². The summed E-state index contributed by atoms with van der Waals surface area (Å²) >= 11 is 0. The van der Waals surface area contributed by atoms with Crippen molar-refractivity contribution in [2.24, 2.45) is 0 Å². The molecular weight excluding hydrogens is 229 g/mol. The number of halogens is 1. The Labute approximate surface area is 95.7 Å². The molecule has 1 N–H and O–H groups in total. The molecule has 1 atom stereocenters. The van der Waals surface area contributed by atoms with Crippen LogP contribution in [-0.4, -0.2) is 14.5 Å². The van der Waals surface area contributed by atoms with Crippen LogP contribution in [0.2, 0.25) is 0 Å². The van der Waals surface area contributed by atoms with Crippen LogP contribution in [0.1, 0.15) is 25.8 Å². The zero-order chi connectivity index (χ0) is 12.3. The Kier molecular flexibility index (Phi) is 4.04. The smallest absolute Gasteiger partial charge is 0.208 e. The van der Waals surface area contributed by atoms with E-state index in [9.17, 15) is 12.8 Å². The van der Waals surface area contributed by atoms with Crippen molar-refractivity contribution in [3.63, 3.8) is 0 Å². The SMILES string of the molecule is CC[C@@H](C)NS(=O)(=O)c1ccc(F)c(C)c1. The molecular formula is C11H16FNO2S. The van der Waals surface area contributed by atoms with Crippen LogP contribution in [0.25, 0.3) is 0 Å². The van der Waals surface area contributed by atoms with Gasteiger partial charge in [0, 0.05) is 6.04 Å². The second-order valence-corrected chi connectivity index (χ2v) is 5.56. The van der Waals surface area contributed by atoms with Gasteiger partial charge < -0.3 is 0 Å². The van der Waals surface area contributed by atoms with Gasteiger partial charge in [-0.15, -0.1) is 0 Å². The molecule has 0 aliphatic rings. The summed E-state index contributed by atoms with van der Waals surface area (Å²) in [5.41, 5.74) is 0.326. The Morgan fingerprint density at radius 2 is 2.06 bits per heavy atom. The van der Waals surface area contributed by atoms with Gasteiger partial charge in [-0.2, -0.15) is 0 Å². The summed E-state index contributed by atoms with van der Waals surface area (Å²) in [7, 11) is -3.53. The van der Waals surface area contributed by atoms with Crippen LogP contribution >= 0.6 is 0 Å². The van der Waals surface area contributed by atoms with Crippen molar-refractivity contribution in [3.8, 4) is 0 Å². The van der Waals surface area contributed by atoms with Crippen LogP contribution in [0.15, 0.2) is 23.1 Å². The summed E-state index contributed by atoms with van der Waals surface area (Å²) in [6.07, 6.45) is 0.708. The van der Waals surface area contributed by atoms with Crippen molar-refractivity contribution in [2.45, 2.75) is 38.1 Å². The quantitative estimate of drug-likeness (QED) is 0.884. The second-order valence-electron chi connectivity index (χ2n) is 3.84. The maximum absolute atomic E-state index is 13.0. The van der Waals surface area contributed by atoms with E-state index < -0.39 is 15.8 Å². The lowest BCUT2D eigenvalue weighted by atomic mass is 10.2. The predicted octanol–water partition coefficient (Wildman–Crippen LogP) is 2.21. The highest BCUT2D eigenvalue weighted by molar-refractivity contribution is 7.89. The Morgan fingerprint density at radius 3 is 2.56 bits per heavy atom. The fourth-order valence-corrected chi connectivity index (χ4v) is 2.61. The molecule has 1 aromatic rings. The number of aryl methyl sites for hydroxylation is 1. The van der Waals surface area contributed by atoms with Crippen LogP contribution in [0.4, 0.5) is 4.39 Å². The Morgan fingerprint density at radius 1 is 1.44 bits per heavy atom. The molecule has 1 aromatic carbocycles. The molecule has 0 aromatic heterocycles. The van der Waals surface area contributed by atoms with E-state index in [4.69, 9.17) is 0 Å². The molecule has 0 radical (unpaired) electrons. The van der Waals surface area contributed by atoms with E-state index in [-0.39, 0.29) is 10.9 Å². The minimum atomic E-state index is -3.53. The van der Waals surface area contributed by atoms with Crippen LogP contribution in [-0.2, 0) is 10.0 Å². The summed E-state index contributed by atoms with van der Waals surface area (Å²) in [4.78, 5) is 0.103. The van der Waals surface area contributed by atoms with Gasteiger partial charge in [0.2, 0.25) is 10.0 Å². The minimum Gasteiger partial charge on any atom is -0.208 e. The highest BCUT2D eigenvalue weighted by Gasteiger charge is 2.17. The topological polar surface area (TPSA) is 46.2 Å². The Bertz CT molecular complexity index is 471. The summed E-state index contributed by atoms with van der Waals surface area (Å²) in [5.74, 6) is -0.400. The number of nitrogens with one attached hydrogen (secondary N) is 1. The Balaban J connectivity index is 3.03. The average Bonchev–Trinajstić information content (AvgIpc) is 2.21. The highest BCUT2D eigenvalue weighted by Crippen LogP contribution is 2.14. The summed E-state index contributed by atoms with van der Waals surface area (Å²) in [6.45, 7) is 5.22. The summed E-state index contributed by atoms with van der Waals surface area (Å²) in [5, 5.41) is 0. The molecule has 0 heterocycles. The molecule has 0 aliphatic heterocycles. The fraction of sp³-hybridized carbons (Fsp3) is 0.455. The van der Waals surface area contributed by atoms with Gasteiger partial charge in [0.15, 0.2) is 0 Å². The van der Waals surface area contributed by atoms with Crippen molar-refractivity contribution < 1.29 is 12.8 Å². The third-order valence-electron chi connectivity index (χ3n) is 2.41. The molecule has 16 heavy (non-hydrogen) atoms. The second kappa shape index (κ2) is 4.93. The van der Waals surface area contributed by atoms with Gasteiger partial charge in [0.1, 0.15) is 5.82 Å². The van der Waals surface area contributed by atoms with E-state index in [0.717, 1.165) is 0 Å². The molecule has 0 spiro atoms. The zero-order valence-electron chi connectivity index (χ0n) is 9.62. The number of rotatable bonds is 4. The zero-order valence-corrected chi connectivity index (χ0v) is 10.4. The van der Waals surface area contributed by atoms with Crippen LogP contribution in [0.3, 0.4) is 0 Å². The van der Waals surface area contributed by atoms with Crippen LogP contribution in [0, 0.1) is 12.7 Å². The van der Waals surface area contributed by atoms with Gasteiger partial charge >= 0.3 is 0 Å². The van der Waals surface area contributed by atoms with Crippen molar-refractivity contribution in [3.05, 3.63) is 29.6 Å². The summed E-state index contributed by atoms with van der Waals surface area (Å²) in [6, 6.07) is 3.64. The first-order valence-electron chi connectivity index (χ1n) is 5.15. The molecule has 5 heteroatoms. The highest BCUT2D eigenvalue weighted by atomic mass is 32.2. The van der Waals surface area contributed by atoms with Crippen LogP contribution in [0.5, 0.6) is 0 Å². The number of hydrogen-bond acceptors (Lipinski definition) is 2. The van der Waals surface area contributed by atoms with Crippen molar-refractivity contribution in [2.75, 3.05) is 0 Å². The monoisotopic (exact) mass is 245 g/mol. The van der Waals surface area contributed by atoms with E-state index in [1.807, 2.05) is 6.92 Å². The van der Waals surface area contributed by atoms with E-state index in [1.165, 1.54) is 25.1 Å². The molecule has 0 aliphatic carbocycles. The molecule has 1 rings (SSSR count). The standard InChI is InChI=1S/C11H16FNO2S/c1-4-9(3)13-16(14,15)10-5-6-11(12)8(2)7-10/h5-7,9,13H,4H2,1-3H3/t9-/m1/s1. The molecule has 3 nitrogen and oxygen atoms in total. The average molecular weight is 245 g/mol. The third-order valence-corrected chi connectivity index (χ3v) is 4.00. The minimum absolute atomic E-state index is 0.103. The Hall–Kier alpha value is -0.940. The molecule has 0 saturated carbocycles. The van der Waals surface area contributed by atoms with Gasteiger partial charge in [-0.1, -0.05) is 6.92 Å². The molecule has 0 amide bonds. The maximum atomic E-state index is 13.0. The van der Waals surface area contributed by atoms with Crippen LogP contribution < -0.4 is 4.72 Å². The first-order chi connectivity index (χ1) is 7.36. The largest absolute Gasteiger partial charge is 0.240 e. The fourth-order valence-electron chi connectivity index (χ4n) is 1.20. The van der Waals surface area contributed by atoms with Gasteiger partial charge in [0.25, 0.3) is 0 Å². The maximum Gasteiger partial charge on any atom is 0.240 e. The lowest BCUT2D eigenvalue weighted by molar-refractivity contribution is 0.555. The van der Waals surface area contributed by atoms with E-state index in [0.29, 0.717) is 12.0 Å². The molecule has 90 valence electrons. The van der Waals surface area contributed by atoms with E-state index in [1.54, 1.807) is 6.92 Å². The van der Waals surface area contributed by atoms with Gasteiger partial charge in [-0.25, -0.2) is 17.5 Å².